The number of rotatable bonds is 1. The number of pyridine rings is 1. The van der Waals surface area contributed by atoms with E-state index < -0.39 is 0 Å². The highest BCUT2D eigenvalue weighted by atomic mass is 35.5. The van der Waals surface area contributed by atoms with Crippen molar-refractivity contribution in [3.05, 3.63) is 47.8 Å². The van der Waals surface area contributed by atoms with Crippen LogP contribution in [0.3, 0.4) is 0 Å². The topological polar surface area (TPSA) is 33.2 Å². The Balaban J connectivity index is 1.99. The molecule has 1 aliphatic rings. The Bertz CT molecular complexity index is 762. The summed E-state index contributed by atoms with van der Waals surface area (Å²) >= 11 is 25.7. The van der Waals surface area contributed by atoms with Crippen LogP contribution in [-0.2, 0) is 6.42 Å². The number of nitrogens with zero attached hydrogens (tertiary/aromatic N) is 2. The van der Waals surface area contributed by atoms with Gasteiger partial charge in [-0.1, -0.05) is 46.4 Å². The van der Waals surface area contributed by atoms with Crippen molar-refractivity contribution in [3.63, 3.8) is 0 Å². The first kappa shape index (κ1) is 16.3. The largest absolute Gasteiger partial charge is 0.330 e. The predicted octanol–water partition coefficient (Wildman–Crippen LogP) is 5.52. The molecule has 0 spiro atoms. The summed E-state index contributed by atoms with van der Waals surface area (Å²) in [5.41, 5.74) is 1.19. The molecule has 3 nitrogen and oxygen atoms in total. The summed E-state index contributed by atoms with van der Waals surface area (Å²) in [6.07, 6.45) is 0.815. The van der Waals surface area contributed by atoms with Crippen molar-refractivity contribution < 1.29 is 4.79 Å². The molecule has 3 heterocycles. The molecule has 0 saturated carbocycles. The molecule has 3 rings (SSSR count). The highest BCUT2D eigenvalue weighted by molar-refractivity contribution is 7.10. The fraction of sp³-hybridized carbons (Fsp3) is 0.286. The normalized spacial score (nSPS) is 17.5. The third-order valence-corrected chi connectivity index (χ3v) is 6.40. The van der Waals surface area contributed by atoms with Gasteiger partial charge in [-0.05, 0) is 30.4 Å². The number of hydrogen-bond donors (Lipinski definition) is 0. The highest BCUT2D eigenvalue weighted by Gasteiger charge is 2.32. The molecule has 0 aliphatic carbocycles. The molecular weight excluding hydrogens is 386 g/mol. The molecule has 2 aromatic rings. The summed E-state index contributed by atoms with van der Waals surface area (Å²) in [7, 11) is 0. The molecule has 0 aromatic carbocycles. The van der Waals surface area contributed by atoms with Gasteiger partial charge in [-0.2, -0.15) is 0 Å². The number of thiophene rings is 1. The van der Waals surface area contributed by atoms with E-state index in [0.29, 0.717) is 6.54 Å². The third kappa shape index (κ3) is 2.61. The molecule has 0 bridgehead atoms. The van der Waals surface area contributed by atoms with Crippen molar-refractivity contribution in [2.24, 2.45) is 0 Å². The van der Waals surface area contributed by atoms with Gasteiger partial charge in [0.15, 0.2) is 0 Å². The second kappa shape index (κ2) is 6.17. The molecule has 1 amide bonds. The molecule has 8 heteroatoms. The van der Waals surface area contributed by atoms with E-state index in [0.717, 1.165) is 12.0 Å². The van der Waals surface area contributed by atoms with Gasteiger partial charge in [0, 0.05) is 11.4 Å². The van der Waals surface area contributed by atoms with E-state index in [1.165, 1.54) is 4.88 Å². The van der Waals surface area contributed by atoms with E-state index in [-0.39, 0.29) is 37.9 Å². The summed E-state index contributed by atoms with van der Waals surface area (Å²) in [5.74, 6) is -0.296. The Labute approximate surface area is 151 Å². The van der Waals surface area contributed by atoms with Crippen LogP contribution in [0.15, 0.2) is 11.4 Å². The summed E-state index contributed by atoms with van der Waals surface area (Å²) in [5, 5.41) is 2.14. The predicted molar refractivity (Wildman–Crippen MR) is 91.8 cm³/mol. The number of carbonyl (C=O) groups excluding carboxylic acids is 1. The van der Waals surface area contributed by atoms with Crippen LogP contribution in [0, 0.1) is 0 Å². The van der Waals surface area contributed by atoms with Crippen molar-refractivity contribution in [3.8, 4) is 0 Å². The number of fused-ring (bicyclic) bond motifs is 1. The summed E-state index contributed by atoms with van der Waals surface area (Å²) < 4.78 is 0. The van der Waals surface area contributed by atoms with Crippen molar-refractivity contribution >= 4 is 63.6 Å². The number of aromatic nitrogens is 1. The first-order valence-electron chi connectivity index (χ1n) is 6.49. The molecule has 0 fully saturated rings. The van der Waals surface area contributed by atoms with Crippen molar-refractivity contribution in [1.82, 2.24) is 9.88 Å². The minimum atomic E-state index is -0.296. The lowest BCUT2D eigenvalue weighted by Crippen LogP contribution is -2.38. The van der Waals surface area contributed by atoms with Crippen LogP contribution in [0.1, 0.15) is 33.9 Å². The van der Waals surface area contributed by atoms with Gasteiger partial charge >= 0.3 is 0 Å². The maximum Gasteiger partial charge on any atom is 0.274 e. The zero-order valence-electron chi connectivity index (χ0n) is 11.4. The molecule has 22 heavy (non-hydrogen) atoms. The number of carbonyl (C=O) groups is 1. The Morgan fingerprint density at radius 1 is 1.27 bits per heavy atom. The SMILES string of the molecule is C[C@@H]1c2ccsc2CCN1C(=O)c1nc(Cl)c(Cl)c(Cl)c1Cl. The van der Waals surface area contributed by atoms with E-state index in [1.807, 2.05) is 18.4 Å². The maximum absolute atomic E-state index is 12.8. The van der Waals surface area contributed by atoms with Gasteiger partial charge < -0.3 is 4.90 Å². The highest BCUT2D eigenvalue weighted by Crippen LogP contribution is 2.38. The minimum Gasteiger partial charge on any atom is -0.330 e. The van der Waals surface area contributed by atoms with Gasteiger partial charge in [0.05, 0.1) is 21.1 Å². The average Bonchev–Trinajstić information content (AvgIpc) is 2.98. The lowest BCUT2D eigenvalue weighted by atomic mass is 10.0. The lowest BCUT2D eigenvalue weighted by Gasteiger charge is -2.33. The molecule has 0 radical (unpaired) electrons. The van der Waals surface area contributed by atoms with Gasteiger partial charge in [0.25, 0.3) is 5.91 Å². The maximum atomic E-state index is 12.8. The molecule has 2 aromatic heterocycles. The fourth-order valence-corrected chi connectivity index (χ4v) is 4.32. The zero-order chi connectivity index (χ0) is 16.0. The van der Waals surface area contributed by atoms with Crippen molar-refractivity contribution in [1.29, 1.82) is 0 Å². The van der Waals surface area contributed by atoms with E-state index >= 15 is 0 Å². The van der Waals surface area contributed by atoms with Crippen LogP contribution in [0.25, 0.3) is 0 Å². The molecular formula is C14H10Cl4N2OS. The summed E-state index contributed by atoms with van der Waals surface area (Å²) in [6.45, 7) is 2.58. The third-order valence-electron chi connectivity index (χ3n) is 3.73. The van der Waals surface area contributed by atoms with Gasteiger partial charge in [-0.15, -0.1) is 11.3 Å². The smallest absolute Gasteiger partial charge is 0.274 e. The molecule has 0 N–H and O–H groups in total. The van der Waals surface area contributed by atoms with E-state index in [2.05, 4.69) is 4.98 Å². The first-order chi connectivity index (χ1) is 10.4. The van der Waals surface area contributed by atoms with Crippen LogP contribution in [0.4, 0.5) is 0 Å². The lowest BCUT2D eigenvalue weighted by molar-refractivity contribution is 0.0673. The minimum absolute atomic E-state index is 0.0275. The molecule has 1 atom stereocenters. The Morgan fingerprint density at radius 3 is 2.73 bits per heavy atom. The van der Waals surface area contributed by atoms with Crippen molar-refractivity contribution in [2.75, 3.05) is 6.54 Å². The zero-order valence-corrected chi connectivity index (χ0v) is 15.2. The van der Waals surface area contributed by atoms with E-state index in [1.54, 1.807) is 16.2 Å². The van der Waals surface area contributed by atoms with Gasteiger partial charge in [-0.25, -0.2) is 4.98 Å². The molecule has 116 valence electrons. The van der Waals surface area contributed by atoms with Crippen molar-refractivity contribution in [2.45, 2.75) is 19.4 Å². The Kier molecular flexibility index (Phi) is 4.59. The van der Waals surface area contributed by atoms with Gasteiger partial charge in [0.2, 0.25) is 0 Å². The van der Waals surface area contributed by atoms with Gasteiger partial charge in [0.1, 0.15) is 10.8 Å². The van der Waals surface area contributed by atoms with Crippen LogP contribution in [0.2, 0.25) is 20.2 Å². The summed E-state index contributed by atoms with van der Waals surface area (Å²) in [4.78, 5) is 19.8. The second-order valence-electron chi connectivity index (χ2n) is 4.92. The first-order valence-corrected chi connectivity index (χ1v) is 8.88. The molecule has 1 aliphatic heterocycles. The monoisotopic (exact) mass is 394 g/mol. The fourth-order valence-electron chi connectivity index (χ4n) is 2.55. The summed E-state index contributed by atoms with van der Waals surface area (Å²) in [6, 6.07) is 2.00. The standard InChI is InChI=1S/C14H10Cl4N2OS/c1-6-7-3-5-22-8(7)2-4-20(6)14(21)12-10(16)9(15)11(17)13(18)19-12/h3,5-6H,2,4H2,1H3/t6-/m1/s1. The quantitative estimate of drug-likeness (QED) is 0.596. The number of halogens is 4. The van der Waals surface area contributed by atoms with Crippen LogP contribution in [-0.4, -0.2) is 22.3 Å². The molecule has 0 unspecified atom stereocenters. The number of amides is 1. The average molecular weight is 396 g/mol. The van der Waals surface area contributed by atoms with Crippen LogP contribution in [0.5, 0.6) is 0 Å². The van der Waals surface area contributed by atoms with Crippen LogP contribution >= 0.6 is 57.7 Å². The van der Waals surface area contributed by atoms with Gasteiger partial charge in [-0.3, -0.25) is 4.79 Å². The Morgan fingerprint density at radius 2 is 2.00 bits per heavy atom. The second-order valence-corrected chi connectivity index (χ2v) is 7.41. The van der Waals surface area contributed by atoms with E-state index in [9.17, 15) is 4.79 Å². The van der Waals surface area contributed by atoms with E-state index in [4.69, 9.17) is 46.4 Å². The Hall–Kier alpha value is -0.520. The molecule has 0 saturated heterocycles. The van der Waals surface area contributed by atoms with Crippen LogP contribution < -0.4 is 0 Å². The number of hydrogen-bond acceptors (Lipinski definition) is 3.